The minimum atomic E-state index is -3.48. The van der Waals surface area contributed by atoms with Crippen LogP contribution in [0.2, 0.25) is 0 Å². The molecule has 0 unspecified atom stereocenters. The summed E-state index contributed by atoms with van der Waals surface area (Å²) in [5.41, 5.74) is 19.4. The largest absolute Gasteiger partial charge is 0.798 e. The normalized spacial score (nSPS) is 24.2. The van der Waals surface area contributed by atoms with Crippen molar-refractivity contribution in [2.45, 2.75) is 195 Å². The van der Waals surface area contributed by atoms with Gasteiger partial charge in [-0.15, -0.1) is 12.4 Å². The van der Waals surface area contributed by atoms with Crippen LogP contribution in [-0.2, 0) is 9.31 Å². The van der Waals surface area contributed by atoms with E-state index in [-0.39, 0.29) is 195 Å². The van der Waals surface area contributed by atoms with Crippen molar-refractivity contribution in [3.63, 3.8) is 0 Å². The quantitative estimate of drug-likeness (QED) is 0.0329. The summed E-state index contributed by atoms with van der Waals surface area (Å²) in [6.07, 6.45) is 8.14. The van der Waals surface area contributed by atoms with E-state index in [1.54, 1.807) is 4.90 Å². The molecular formula is C86H110B2ClF13N12O17. The number of carboxylic acid groups (broad SMARTS) is 2. The molecule has 131 heavy (non-hydrogen) atoms. The number of carbonyl (C=O) groups is 4. The number of halogens is 14. The van der Waals surface area contributed by atoms with Crippen LogP contribution >= 0.6 is 12.4 Å². The van der Waals surface area contributed by atoms with E-state index in [1.165, 1.54) is 54.4 Å². The maximum Gasteiger partial charge on any atom is 0.798 e. The van der Waals surface area contributed by atoms with Crippen molar-refractivity contribution in [2.24, 2.45) is 44.6 Å². The number of hydrogen-bond acceptors (Lipinski definition) is 22. The minimum absolute atomic E-state index is 0. The Morgan fingerprint density at radius 1 is 0.412 bits per heavy atom. The van der Waals surface area contributed by atoms with Crippen LogP contribution in [0.15, 0.2) is 68.2 Å². The molecule has 20 rings (SSSR count). The highest BCUT2D eigenvalue weighted by Gasteiger charge is 2.58. The topological polar surface area (TPSA) is 409 Å². The Hall–Kier alpha value is -10.5. The molecule has 12 aliphatic rings. The summed E-state index contributed by atoms with van der Waals surface area (Å²) < 4.78 is 212. The summed E-state index contributed by atoms with van der Waals surface area (Å²) in [4.78, 5) is 103. The number of hydrogen-bond donors (Lipinski definition) is 7. The molecule has 12 fully saturated rings. The van der Waals surface area contributed by atoms with Crippen LogP contribution in [0.1, 0.15) is 187 Å². The number of fused-ring (bicyclic) bond motifs is 4. The number of ether oxygens (including phenoxy) is 4. The summed E-state index contributed by atoms with van der Waals surface area (Å²) in [7, 11) is -1.88. The predicted molar refractivity (Wildman–Crippen MR) is 473 cm³/mol. The Morgan fingerprint density at radius 3 is 0.863 bits per heavy atom. The van der Waals surface area contributed by atoms with E-state index >= 15 is 13.2 Å². The first-order valence-corrected chi connectivity index (χ1v) is 39.8. The van der Waals surface area contributed by atoms with E-state index in [4.69, 9.17) is 41.9 Å². The average molecular weight is 1890 g/mol. The fraction of sp³-hybridized carbons (Fsp3) is 0.535. The van der Waals surface area contributed by atoms with Crippen molar-refractivity contribution >= 4 is 112 Å². The Morgan fingerprint density at radius 2 is 0.656 bits per heavy atom. The molecule has 4 aromatic carbocycles. The second-order valence-corrected chi connectivity index (χ2v) is 34.0. The number of anilines is 3. The number of aromatic carboxylic acids is 2. The minimum Gasteiger partial charge on any atom is -0.492 e. The number of carbonyl (C=O) groups excluding carboxylic acids is 2. The number of aromatic nitrogens is 4. The number of methoxy groups -OCH3 is 4. The van der Waals surface area contributed by atoms with E-state index in [0.717, 1.165) is 99.7 Å². The Labute approximate surface area is 751 Å². The molecule has 29 nitrogen and oxygen atoms in total. The van der Waals surface area contributed by atoms with Crippen molar-refractivity contribution in [3.8, 4) is 23.0 Å². The van der Waals surface area contributed by atoms with Gasteiger partial charge in [-0.05, 0) is 81.0 Å². The number of pyridine rings is 4. The number of alkyl halides is 4. The smallest absolute Gasteiger partial charge is 0.492 e. The van der Waals surface area contributed by atoms with Crippen molar-refractivity contribution in [1.82, 2.24) is 23.6 Å². The fourth-order valence-corrected chi connectivity index (χ4v) is 18.2. The van der Waals surface area contributed by atoms with E-state index in [9.17, 15) is 92.2 Å². The molecule has 13 N–H and O–H groups in total. The summed E-state index contributed by atoms with van der Waals surface area (Å²) in [5, 5.41) is 21.0. The lowest BCUT2D eigenvalue weighted by Gasteiger charge is -2.24. The van der Waals surface area contributed by atoms with Gasteiger partial charge in [-0.1, -0.05) is 44.6 Å². The Kier molecular flexibility index (Phi) is 31.5. The van der Waals surface area contributed by atoms with E-state index in [1.807, 2.05) is 9.80 Å². The van der Waals surface area contributed by atoms with Gasteiger partial charge in [0.15, 0.2) is 46.3 Å². The van der Waals surface area contributed by atoms with Crippen LogP contribution in [0.25, 0.3) is 43.6 Å². The molecule has 8 aromatic rings. The van der Waals surface area contributed by atoms with Gasteiger partial charge in [0, 0.05) is 143 Å². The van der Waals surface area contributed by atoms with E-state index in [0.29, 0.717) is 56.8 Å². The molecule has 0 amide bonds. The molecule has 8 saturated carbocycles. The molecule has 4 saturated heterocycles. The van der Waals surface area contributed by atoms with E-state index < -0.39 is 172 Å². The molecule has 0 bridgehead atoms. The maximum atomic E-state index is 15.3. The van der Waals surface area contributed by atoms with Crippen LogP contribution in [0.4, 0.5) is 73.8 Å². The number of nitrogens with one attached hydrogen (secondary N) is 1. The monoisotopic (exact) mass is 1890 g/mol. The van der Waals surface area contributed by atoms with Crippen LogP contribution < -0.4 is 83.6 Å². The first-order chi connectivity index (χ1) is 58.3. The summed E-state index contributed by atoms with van der Waals surface area (Å²) in [5.74, 6) is -11.5. The lowest BCUT2D eigenvalue weighted by molar-refractivity contribution is 0.0681. The summed E-state index contributed by atoms with van der Waals surface area (Å²) >= 11 is 0. The second-order valence-electron chi connectivity index (χ2n) is 34.0. The van der Waals surface area contributed by atoms with Gasteiger partial charge in [0.25, 0.3) is 0 Å². The van der Waals surface area contributed by atoms with Gasteiger partial charge in [0.1, 0.15) is 64.0 Å². The zero-order valence-corrected chi connectivity index (χ0v) is 68.0. The fourth-order valence-electron chi connectivity index (χ4n) is 18.2. The number of carboxylic acids is 2. The van der Waals surface area contributed by atoms with Gasteiger partial charge in [0.2, 0.25) is 27.5 Å². The molecule has 4 spiro atoms. The Bertz CT molecular complexity index is 5830. The third kappa shape index (κ3) is 18.9. The van der Waals surface area contributed by atoms with Gasteiger partial charge < -0.3 is 105 Å². The van der Waals surface area contributed by atoms with Crippen LogP contribution in [0, 0.1) is 50.7 Å². The number of nitrogens with two attached hydrogens (primary N) is 4. The van der Waals surface area contributed by atoms with Crippen LogP contribution in [-0.4, -0.2) is 202 Å². The highest BCUT2D eigenvalue weighted by Crippen LogP contribution is 2.59. The van der Waals surface area contributed by atoms with Crippen LogP contribution in [0.3, 0.4) is 0 Å². The third-order valence-electron chi connectivity index (χ3n) is 26.3. The summed E-state index contributed by atoms with van der Waals surface area (Å²) in [6.45, 7) is 5.19. The second kappa shape index (κ2) is 39.0. The molecule has 8 aliphatic carbocycles. The van der Waals surface area contributed by atoms with Crippen molar-refractivity contribution < 1.29 is 120 Å². The highest BCUT2D eigenvalue weighted by atomic mass is 35.5. The number of nitrogens with zero attached hydrogens (tertiary/aromatic N) is 7. The summed E-state index contributed by atoms with van der Waals surface area (Å²) in [6, 6.07) is 0.809. The molecule has 12 atom stereocenters. The number of benzene rings is 4. The van der Waals surface area contributed by atoms with Crippen molar-refractivity contribution in [3.05, 3.63) is 141 Å². The van der Waals surface area contributed by atoms with Crippen LogP contribution in [0.5, 0.6) is 23.0 Å². The SMILES string of the molecule is C.C.C.C.C.C.COc1c(F)c(F)cc2c(=O)c(C(=O)OB(F)F)cn([C@@H]3C[C@@H]3F)c12.COc1c(N2C[C@@H](N)C3(CC3)C2)c(F)cc2c(=O)c(C(=O)O)cn([C@@H]3C[C@@H]3F)c12.COc1c(N2C[C@@H](N)C3(CC3)C2)c(F)cc2c(=O)c(C(=O)O)cn([C@@H]3C[C@@H]3F)c12.COc1c(N2C[C@@H](N)C3(CC3)C2)c(F)cc2c(=O)c(C(=O)OB(F)F)cn([C@@H]3C[C@@H]3F)c12.Cl.N[C@@H]1CNCC12CC2.O. The number of rotatable bonds is 17. The third-order valence-corrected chi connectivity index (χ3v) is 26.3. The first-order valence-electron chi connectivity index (χ1n) is 39.8. The zero-order chi connectivity index (χ0) is 88.3. The standard InChI is InChI=1S/C20H20BF4N3O4.2C20H21F2N3O4.C14H9BF5NO4.C6H12N2.6CH4.ClH.H2O/c1-31-18-15-9(4-12(23)16(18)27-7-14(26)20(8-27)2-3-20)17(29)10(19(30)32-21(24)25)6-28(15)13-5-11(13)22;2*1-29-18-15-9(17(26)10(19(27)28)6-25(15)13-5-11(13)21)4-12(22)16(18)24-7-14(23)20(8-24)2-3-20;1-24-13-10(18)8(17)2-5-11(13)21(9-3-7(9)16)4-6(12(5)22)14(23)25-15(19)20;7-5-3-8-4-6(5)1-2-6;;;;;;;;/h4,6,11,13-14H,2-3,5,7-8,26H2,1H3;2*4,6,11,13-14H,2-3,5,7-8,23H2,1H3,(H,27,28);2,4,7,9H,3H2,1H3;5,8H,1-4,7H2;6*1H4;1H;1H2/t3*11-,13+,14+;7-,9+;5-;;;;;;;;/m00001......../s1. The molecular weight excluding hydrogens is 1780 g/mol. The Balaban J connectivity index is 0.000000205. The lowest BCUT2D eigenvalue weighted by Crippen LogP contribution is -2.30. The van der Waals surface area contributed by atoms with Gasteiger partial charge in [0.05, 0.1) is 96.2 Å². The van der Waals surface area contributed by atoms with Gasteiger partial charge in [-0.3, -0.25) is 19.2 Å². The van der Waals surface area contributed by atoms with Gasteiger partial charge in [-0.25, -0.2) is 71.6 Å². The van der Waals surface area contributed by atoms with Gasteiger partial charge >= 0.3 is 38.8 Å². The lowest BCUT2D eigenvalue weighted by atomic mass is 10.0. The van der Waals surface area contributed by atoms with E-state index in [2.05, 4.69) is 14.6 Å². The van der Waals surface area contributed by atoms with Crippen molar-refractivity contribution in [1.29, 1.82) is 0 Å². The zero-order valence-electron chi connectivity index (χ0n) is 67.2. The molecule has 4 aromatic heterocycles. The van der Waals surface area contributed by atoms with Gasteiger partial charge in [-0.2, -0.15) is 4.39 Å². The molecule has 720 valence electrons. The first kappa shape index (κ1) is 106. The predicted octanol–water partition coefficient (Wildman–Crippen LogP) is 12.3. The molecule has 0 radical (unpaired) electrons. The average Bonchev–Trinajstić information content (AvgIpc) is 1.65. The highest BCUT2D eigenvalue weighted by molar-refractivity contribution is 6.38. The molecule has 45 heteroatoms. The molecule has 8 heterocycles. The maximum absolute atomic E-state index is 15.3. The van der Waals surface area contributed by atoms with Crippen molar-refractivity contribution in [2.75, 3.05) is 95.5 Å². The molecule has 4 aliphatic heterocycles.